The van der Waals surface area contributed by atoms with E-state index in [1.54, 1.807) is 11.3 Å². The molecule has 30 heavy (non-hydrogen) atoms. The molecule has 3 heterocycles. The molecule has 2 aliphatic rings. The average Bonchev–Trinajstić information content (AvgIpc) is 3.12. The van der Waals surface area contributed by atoms with Crippen molar-refractivity contribution in [2.45, 2.75) is 46.1 Å². The summed E-state index contributed by atoms with van der Waals surface area (Å²) in [5.74, 6) is 1.21. The number of piperazine rings is 1. The molecule has 6 nitrogen and oxygen atoms in total. The minimum atomic E-state index is 0.147. The number of anilines is 1. The number of hydrogen-bond acceptors (Lipinski definition) is 5. The van der Waals surface area contributed by atoms with Crippen molar-refractivity contribution in [3.63, 3.8) is 0 Å². The van der Waals surface area contributed by atoms with E-state index in [1.807, 2.05) is 10.6 Å². The van der Waals surface area contributed by atoms with Crippen molar-refractivity contribution in [2.75, 3.05) is 37.6 Å². The van der Waals surface area contributed by atoms with Crippen LogP contribution in [0.4, 0.5) is 5.95 Å². The van der Waals surface area contributed by atoms with E-state index >= 15 is 0 Å². The van der Waals surface area contributed by atoms with E-state index in [1.165, 1.54) is 23.3 Å². The molecule has 0 bridgehead atoms. The van der Waals surface area contributed by atoms with Gasteiger partial charge in [0.1, 0.15) is 4.83 Å². The molecule has 1 fully saturated rings. The summed E-state index contributed by atoms with van der Waals surface area (Å²) in [4.78, 5) is 25.4. The first-order valence-corrected chi connectivity index (χ1v) is 12.2. The number of fused-ring (bicyclic) bond motifs is 3. The molecule has 4 rings (SSSR count). The van der Waals surface area contributed by atoms with Crippen molar-refractivity contribution in [1.82, 2.24) is 19.8 Å². The summed E-state index contributed by atoms with van der Waals surface area (Å²) in [6.45, 7) is 12.7. The van der Waals surface area contributed by atoms with Gasteiger partial charge in [-0.25, -0.2) is 4.98 Å². The van der Waals surface area contributed by atoms with E-state index in [9.17, 15) is 4.79 Å². The normalized spacial score (nSPS) is 16.8. The summed E-state index contributed by atoms with van der Waals surface area (Å²) in [7, 11) is 0. The van der Waals surface area contributed by atoms with Crippen molar-refractivity contribution >= 4 is 44.8 Å². The number of rotatable bonds is 5. The molecule has 162 valence electrons. The predicted molar refractivity (Wildman–Crippen MR) is 130 cm³/mol. The van der Waals surface area contributed by atoms with E-state index in [-0.39, 0.29) is 5.56 Å². The molecular weight excluding hydrogens is 414 g/mol. The van der Waals surface area contributed by atoms with Crippen LogP contribution in [-0.4, -0.2) is 52.3 Å². The maximum atomic E-state index is 13.6. The van der Waals surface area contributed by atoms with Gasteiger partial charge in [-0.3, -0.25) is 9.36 Å². The molecule has 1 aliphatic carbocycles. The number of nitrogens with one attached hydrogen (secondary N) is 1. The molecule has 2 aromatic rings. The summed E-state index contributed by atoms with van der Waals surface area (Å²) in [6, 6.07) is 0. The summed E-state index contributed by atoms with van der Waals surface area (Å²) in [6.07, 6.45) is 6.30. The van der Waals surface area contributed by atoms with Crippen LogP contribution in [-0.2, 0) is 19.4 Å². The molecule has 0 aromatic carbocycles. The number of thiophene rings is 1. The van der Waals surface area contributed by atoms with Gasteiger partial charge >= 0.3 is 0 Å². The first kappa shape index (κ1) is 21.3. The molecule has 0 unspecified atom stereocenters. The lowest BCUT2D eigenvalue weighted by Gasteiger charge is -2.37. The Bertz CT molecular complexity index is 1000. The lowest BCUT2D eigenvalue weighted by atomic mass is 9.97. The van der Waals surface area contributed by atoms with Gasteiger partial charge in [-0.15, -0.1) is 17.9 Å². The van der Waals surface area contributed by atoms with Crippen molar-refractivity contribution in [3.8, 4) is 0 Å². The smallest absolute Gasteiger partial charge is 0.263 e. The number of aryl methyl sites for hydroxylation is 2. The number of aromatic nitrogens is 2. The summed E-state index contributed by atoms with van der Waals surface area (Å²) >= 11 is 7.22. The lowest BCUT2D eigenvalue weighted by Crippen LogP contribution is -2.53. The Kier molecular flexibility index (Phi) is 6.43. The average molecular weight is 446 g/mol. The Morgan fingerprint density at radius 2 is 2.00 bits per heavy atom. The zero-order chi connectivity index (χ0) is 21.3. The van der Waals surface area contributed by atoms with Crippen LogP contribution in [0.1, 0.15) is 37.1 Å². The Hall–Kier alpha value is -1.93. The third-order valence-corrected chi connectivity index (χ3v) is 7.44. The largest absolute Gasteiger partial charge is 0.359 e. The fourth-order valence-corrected chi connectivity index (χ4v) is 5.89. The number of hydrogen-bond donors (Lipinski definition) is 1. The van der Waals surface area contributed by atoms with Crippen LogP contribution in [0.3, 0.4) is 0 Å². The second-order valence-corrected chi connectivity index (χ2v) is 10.0. The van der Waals surface area contributed by atoms with Gasteiger partial charge in [0.05, 0.1) is 5.39 Å². The highest BCUT2D eigenvalue weighted by atomic mass is 32.1. The van der Waals surface area contributed by atoms with Crippen molar-refractivity contribution < 1.29 is 0 Å². The predicted octanol–water partition coefficient (Wildman–Crippen LogP) is 3.18. The van der Waals surface area contributed by atoms with Crippen LogP contribution in [0.25, 0.3) is 10.2 Å². The molecule has 1 N–H and O–H groups in total. The van der Waals surface area contributed by atoms with E-state index in [0.717, 1.165) is 60.3 Å². The van der Waals surface area contributed by atoms with Gasteiger partial charge in [-0.2, -0.15) is 0 Å². The molecule has 2 aromatic heterocycles. The quantitative estimate of drug-likeness (QED) is 0.564. The van der Waals surface area contributed by atoms with Gasteiger partial charge in [0.15, 0.2) is 5.11 Å². The summed E-state index contributed by atoms with van der Waals surface area (Å²) in [5.41, 5.74) is 1.42. The van der Waals surface area contributed by atoms with E-state index in [4.69, 9.17) is 17.2 Å². The zero-order valence-electron chi connectivity index (χ0n) is 17.9. The second kappa shape index (κ2) is 9.06. The van der Waals surface area contributed by atoms with Crippen LogP contribution < -0.4 is 15.8 Å². The lowest BCUT2D eigenvalue weighted by molar-refractivity contribution is 0.374. The molecule has 1 aliphatic heterocycles. The molecular formula is C22H31N5OS2. The molecule has 0 spiro atoms. The highest BCUT2D eigenvalue weighted by Gasteiger charge is 2.26. The Labute approximate surface area is 187 Å². The fourth-order valence-electron chi connectivity index (χ4n) is 4.38. The molecule has 0 amide bonds. The minimum absolute atomic E-state index is 0.147. The van der Waals surface area contributed by atoms with Crippen LogP contribution in [0, 0.1) is 5.92 Å². The first-order valence-electron chi connectivity index (χ1n) is 10.9. The van der Waals surface area contributed by atoms with Crippen molar-refractivity contribution in [3.05, 3.63) is 33.4 Å². The number of nitrogens with zero attached hydrogens (tertiary/aromatic N) is 4. The highest BCUT2D eigenvalue weighted by molar-refractivity contribution is 7.80. The highest BCUT2D eigenvalue weighted by Crippen LogP contribution is 2.34. The fraction of sp³-hybridized carbons (Fsp3) is 0.591. The third kappa shape index (κ3) is 4.12. The molecule has 0 saturated carbocycles. The Morgan fingerprint density at radius 1 is 1.27 bits per heavy atom. The van der Waals surface area contributed by atoms with Gasteiger partial charge in [0.2, 0.25) is 5.95 Å². The third-order valence-electron chi connectivity index (χ3n) is 5.85. The zero-order valence-corrected chi connectivity index (χ0v) is 19.6. The summed E-state index contributed by atoms with van der Waals surface area (Å²) in [5, 5.41) is 4.86. The van der Waals surface area contributed by atoms with Gasteiger partial charge in [0, 0.05) is 44.1 Å². The Morgan fingerprint density at radius 3 is 2.70 bits per heavy atom. The molecule has 8 heteroatoms. The maximum Gasteiger partial charge on any atom is 0.263 e. The SMILES string of the molecule is C=CCNC(=S)N1CCN(c2nc3sc4c(c3c(=O)n2CC(C)C)CCCC4)CC1. The van der Waals surface area contributed by atoms with Crippen LogP contribution in [0.2, 0.25) is 0 Å². The minimum Gasteiger partial charge on any atom is -0.359 e. The standard InChI is InChI=1S/C22H31N5OS2/c1-4-9-23-22(29)26-12-10-25(11-13-26)21-24-19-18(20(28)27(21)14-15(2)3)16-7-5-6-8-17(16)30-19/h4,15H,1,5-14H2,2-3H3,(H,23,29). The van der Waals surface area contributed by atoms with Crippen LogP contribution in [0.5, 0.6) is 0 Å². The molecule has 0 radical (unpaired) electrons. The van der Waals surface area contributed by atoms with Gasteiger partial charge < -0.3 is 15.1 Å². The topological polar surface area (TPSA) is 53.4 Å². The van der Waals surface area contributed by atoms with Crippen molar-refractivity contribution in [2.24, 2.45) is 5.92 Å². The molecule has 0 atom stereocenters. The number of thiocarbonyl (C=S) groups is 1. The van der Waals surface area contributed by atoms with E-state index < -0.39 is 0 Å². The van der Waals surface area contributed by atoms with Crippen molar-refractivity contribution in [1.29, 1.82) is 0 Å². The Balaban J connectivity index is 1.66. The summed E-state index contributed by atoms with van der Waals surface area (Å²) < 4.78 is 1.93. The van der Waals surface area contributed by atoms with E-state index in [0.29, 0.717) is 19.0 Å². The molecule has 1 saturated heterocycles. The first-order chi connectivity index (χ1) is 14.5. The van der Waals surface area contributed by atoms with Gasteiger partial charge in [0.25, 0.3) is 5.56 Å². The van der Waals surface area contributed by atoms with Gasteiger partial charge in [-0.1, -0.05) is 19.9 Å². The van der Waals surface area contributed by atoms with Crippen LogP contribution >= 0.6 is 23.6 Å². The maximum absolute atomic E-state index is 13.6. The van der Waals surface area contributed by atoms with E-state index in [2.05, 4.69) is 35.5 Å². The van der Waals surface area contributed by atoms with Crippen LogP contribution in [0.15, 0.2) is 17.4 Å². The van der Waals surface area contributed by atoms with Gasteiger partial charge in [-0.05, 0) is 49.4 Å². The second-order valence-electron chi connectivity index (χ2n) is 8.56. The monoisotopic (exact) mass is 445 g/mol.